The lowest BCUT2D eigenvalue weighted by molar-refractivity contribution is 0.450. The standard InChI is InChI=1S/C15H13BrN2O3S/c1-9-7-14-11(10(2)17-21-14)8-13(9)18-22(19,20)15-6-4-3-5-12(15)16/h3-8,18H,1-2H3. The predicted molar refractivity (Wildman–Crippen MR) is 88.4 cm³/mol. The SMILES string of the molecule is Cc1cc2onc(C)c2cc1NS(=O)(=O)c1ccccc1Br. The summed E-state index contributed by atoms with van der Waals surface area (Å²) in [7, 11) is -3.68. The number of halogens is 1. The zero-order valence-corrected chi connectivity index (χ0v) is 14.3. The van der Waals surface area contributed by atoms with E-state index in [-0.39, 0.29) is 4.90 Å². The van der Waals surface area contributed by atoms with Crippen LogP contribution in [-0.4, -0.2) is 13.6 Å². The van der Waals surface area contributed by atoms with Crippen molar-refractivity contribution in [3.05, 3.63) is 52.1 Å². The summed E-state index contributed by atoms with van der Waals surface area (Å²) in [5.74, 6) is 0. The van der Waals surface area contributed by atoms with E-state index in [1.54, 1.807) is 36.4 Å². The number of benzene rings is 2. The largest absolute Gasteiger partial charge is 0.356 e. The summed E-state index contributed by atoms with van der Waals surface area (Å²) in [6.45, 7) is 3.63. The van der Waals surface area contributed by atoms with Gasteiger partial charge in [-0.25, -0.2) is 8.42 Å². The fourth-order valence-electron chi connectivity index (χ4n) is 2.18. The Kier molecular flexibility index (Phi) is 3.70. The highest BCUT2D eigenvalue weighted by atomic mass is 79.9. The number of aromatic nitrogens is 1. The molecule has 0 atom stereocenters. The van der Waals surface area contributed by atoms with Crippen LogP contribution in [0.2, 0.25) is 0 Å². The number of nitrogens with one attached hydrogen (secondary N) is 1. The molecule has 114 valence electrons. The topological polar surface area (TPSA) is 72.2 Å². The van der Waals surface area contributed by atoms with E-state index in [1.807, 2.05) is 13.8 Å². The summed E-state index contributed by atoms with van der Waals surface area (Å²) in [5.41, 5.74) is 2.63. The molecule has 5 nitrogen and oxygen atoms in total. The van der Waals surface area contributed by atoms with Crippen molar-refractivity contribution in [2.45, 2.75) is 18.7 Å². The van der Waals surface area contributed by atoms with E-state index in [2.05, 4.69) is 25.8 Å². The zero-order chi connectivity index (χ0) is 15.9. The van der Waals surface area contributed by atoms with Crippen molar-refractivity contribution in [3.63, 3.8) is 0 Å². The molecule has 1 aromatic heterocycles. The lowest BCUT2D eigenvalue weighted by atomic mass is 10.1. The summed E-state index contributed by atoms with van der Waals surface area (Å²) in [5, 5.41) is 4.67. The minimum Gasteiger partial charge on any atom is -0.356 e. The van der Waals surface area contributed by atoms with E-state index < -0.39 is 10.0 Å². The first-order valence-corrected chi connectivity index (χ1v) is 8.80. The molecule has 0 aliphatic heterocycles. The van der Waals surface area contributed by atoms with Crippen molar-refractivity contribution in [2.24, 2.45) is 0 Å². The number of fused-ring (bicyclic) bond motifs is 1. The molecule has 0 amide bonds. The third-order valence-electron chi connectivity index (χ3n) is 3.37. The molecule has 3 aromatic rings. The Hall–Kier alpha value is -1.86. The predicted octanol–water partition coefficient (Wildman–Crippen LogP) is 4.01. The molecule has 0 fully saturated rings. The number of hydrogen-bond acceptors (Lipinski definition) is 4. The number of nitrogens with zero attached hydrogens (tertiary/aromatic N) is 1. The molecule has 0 saturated heterocycles. The molecule has 1 heterocycles. The summed E-state index contributed by atoms with van der Waals surface area (Å²) < 4.78 is 33.4. The number of anilines is 1. The lowest BCUT2D eigenvalue weighted by Gasteiger charge is -2.11. The van der Waals surface area contributed by atoms with Gasteiger partial charge in [0.25, 0.3) is 10.0 Å². The highest BCUT2D eigenvalue weighted by Crippen LogP contribution is 2.29. The van der Waals surface area contributed by atoms with Crippen molar-refractivity contribution in [3.8, 4) is 0 Å². The van der Waals surface area contributed by atoms with Gasteiger partial charge >= 0.3 is 0 Å². The van der Waals surface area contributed by atoms with Crippen molar-refractivity contribution in [2.75, 3.05) is 4.72 Å². The molecule has 22 heavy (non-hydrogen) atoms. The van der Waals surface area contributed by atoms with Crippen molar-refractivity contribution >= 4 is 42.6 Å². The highest BCUT2D eigenvalue weighted by molar-refractivity contribution is 9.10. The smallest absolute Gasteiger partial charge is 0.263 e. The average Bonchev–Trinajstić information content (AvgIpc) is 2.80. The number of rotatable bonds is 3. The lowest BCUT2D eigenvalue weighted by Crippen LogP contribution is -2.14. The van der Waals surface area contributed by atoms with Gasteiger partial charge in [0.2, 0.25) is 0 Å². The Morgan fingerprint density at radius 2 is 1.91 bits per heavy atom. The van der Waals surface area contributed by atoms with E-state index >= 15 is 0 Å². The Labute approximate surface area is 136 Å². The van der Waals surface area contributed by atoms with Crippen LogP contribution in [0.15, 0.2) is 50.3 Å². The van der Waals surface area contributed by atoms with Gasteiger partial charge in [0.1, 0.15) is 4.90 Å². The highest BCUT2D eigenvalue weighted by Gasteiger charge is 2.19. The molecule has 3 rings (SSSR count). The van der Waals surface area contributed by atoms with Crippen LogP contribution in [0.5, 0.6) is 0 Å². The second-order valence-corrected chi connectivity index (χ2v) is 7.47. The van der Waals surface area contributed by atoms with Gasteiger partial charge in [-0.2, -0.15) is 0 Å². The maximum Gasteiger partial charge on any atom is 0.263 e. The molecular formula is C15H13BrN2O3S. The first-order chi connectivity index (χ1) is 10.4. The Bertz CT molecular complexity index is 964. The van der Waals surface area contributed by atoms with Crippen LogP contribution in [0.25, 0.3) is 11.0 Å². The number of aryl methyl sites for hydroxylation is 2. The van der Waals surface area contributed by atoms with Gasteiger partial charge in [-0.05, 0) is 59.6 Å². The van der Waals surface area contributed by atoms with E-state index in [4.69, 9.17) is 4.52 Å². The fourth-order valence-corrected chi connectivity index (χ4v) is 4.30. The molecule has 0 radical (unpaired) electrons. The van der Waals surface area contributed by atoms with Crippen molar-refractivity contribution in [1.29, 1.82) is 0 Å². The van der Waals surface area contributed by atoms with Gasteiger partial charge in [0.15, 0.2) is 5.58 Å². The van der Waals surface area contributed by atoms with Crippen LogP contribution in [0.1, 0.15) is 11.3 Å². The maximum atomic E-state index is 12.6. The summed E-state index contributed by atoms with van der Waals surface area (Å²) >= 11 is 3.26. The van der Waals surface area contributed by atoms with Gasteiger partial charge in [0.05, 0.1) is 11.4 Å². The second kappa shape index (κ2) is 5.40. The van der Waals surface area contributed by atoms with Crippen molar-refractivity contribution in [1.82, 2.24) is 5.16 Å². The fraction of sp³-hybridized carbons (Fsp3) is 0.133. The molecular weight excluding hydrogens is 368 g/mol. The van der Waals surface area contributed by atoms with Crippen LogP contribution in [0.4, 0.5) is 5.69 Å². The van der Waals surface area contributed by atoms with Crippen LogP contribution >= 0.6 is 15.9 Å². The molecule has 0 spiro atoms. The number of hydrogen-bond donors (Lipinski definition) is 1. The van der Waals surface area contributed by atoms with Gasteiger partial charge in [-0.15, -0.1) is 0 Å². The molecule has 7 heteroatoms. The average molecular weight is 381 g/mol. The quantitative estimate of drug-likeness (QED) is 0.744. The monoisotopic (exact) mass is 380 g/mol. The van der Waals surface area contributed by atoms with Crippen molar-refractivity contribution < 1.29 is 12.9 Å². The molecule has 0 saturated carbocycles. The van der Waals surface area contributed by atoms with E-state index in [9.17, 15) is 8.42 Å². The molecule has 1 N–H and O–H groups in total. The van der Waals surface area contributed by atoms with Crippen LogP contribution in [0, 0.1) is 13.8 Å². The van der Waals surface area contributed by atoms with E-state index in [0.717, 1.165) is 16.6 Å². The first-order valence-electron chi connectivity index (χ1n) is 6.52. The third kappa shape index (κ3) is 2.62. The summed E-state index contributed by atoms with van der Waals surface area (Å²) in [6, 6.07) is 10.2. The van der Waals surface area contributed by atoms with Crippen LogP contribution in [-0.2, 0) is 10.0 Å². The zero-order valence-electron chi connectivity index (χ0n) is 11.9. The Morgan fingerprint density at radius 3 is 2.64 bits per heavy atom. The molecule has 0 bridgehead atoms. The normalized spacial score (nSPS) is 11.8. The minimum atomic E-state index is -3.68. The minimum absolute atomic E-state index is 0.191. The summed E-state index contributed by atoms with van der Waals surface area (Å²) in [4.78, 5) is 0.191. The first kappa shape index (κ1) is 15.1. The van der Waals surface area contributed by atoms with Gasteiger partial charge in [-0.1, -0.05) is 17.3 Å². The van der Waals surface area contributed by atoms with E-state index in [0.29, 0.717) is 15.7 Å². The molecule has 0 aliphatic carbocycles. The van der Waals surface area contributed by atoms with Crippen LogP contribution < -0.4 is 4.72 Å². The van der Waals surface area contributed by atoms with Gasteiger partial charge in [0, 0.05) is 9.86 Å². The summed E-state index contributed by atoms with van der Waals surface area (Å²) in [6.07, 6.45) is 0. The second-order valence-electron chi connectivity index (χ2n) is 4.97. The van der Waals surface area contributed by atoms with Gasteiger partial charge < -0.3 is 4.52 Å². The Morgan fingerprint density at radius 1 is 1.18 bits per heavy atom. The third-order valence-corrected chi connectivity index (χ3v) is 5.75. The van der Waals surface area contributed by atoms with E-state index in [1.165, 1.54) is 0 Å². The van der Waals surface area contributed by atoms with Crippen LogP contribution in [0.3, 0.4) is 0 Å². The maximum absolute atomic E-state index is 12.6. The number of sulfonamides is 1. The molecule has 2 aromatic carbocycles. The molecule has 0 aliphatic rings. The molecule has 0 unspecified atom stereocenters. The Balaban J connectivity index is 2.07. The van der Waals surface area contributed by atoms with Gasteiger partial charge in [-0.3, -0.25) is 4.72 Å².